The van der Waals surface area contributed by atoms with Gasteiger partial charge in [-0.3, -0.25) is 23.5 Å². The van der Waals surface area contributed by atoms with Crippen LogP contribution in [-0.4, -0.2) is 32.3 Å². The number of benzene rings is 1. The van der Waals surface area contributed by atoms with E-state index in [0.717, 1.165) is 18.4 Å². The van der Waals surface area contributed by atoms with Gasteiger partial charge in [0, 0.05) is 11.9 Å². The van der Waals surface area contributed by atoms with Crippen LogP contribution in [0.3, 0.4) is 0 Å². The number of nitrogens with one attached hydrogen (secondary N) is 3. The van der Waals surface area contributed by atoms with E-state index in [1.807, 2.05) is 0 Å². The van der Waals surface area contributed by atoms with Crippen molar-refractivity contribution < 1.29 is 21.2 Å². The Balaban J connectivity index is 1.96. The molecule has 36 heavy (non-hydrogen) atoms. The van der Waals surface area contributed by atoms with Gasteiger partial charge in [-0.25, -0.2) is 25.9 Å². The second-order valence-electron chi connectivity index (χ2n) is 7.76. The molecule has 1 aliphatic rings. The van der Waals surface area contributed by atoms with Gasteiger partial charge in [-0.15, -0.1) is 0 Å². The van der Waals surface area contributed by atoms with Gasteiger partial charge in [-0.2, -0.15) is 0 Å². The molecular formula is C22H20FN5O6S2. The van der Waals surface area contributed by atoms with Crippen LogP contribution >= 0.6 is 0 Å². The normalized spacial score (nSPS) is 16.9. The molecule has 188 valence electrons. The van der Waals surface area contributed by atoms with E-state index in [1.54, 1.807) is 6.07 Å². The van der Waals surface area contributed by atoms with Gasteiger partial charge in [-0.05, 0) is 42.0 Å². The van der Waals surface area contributed by atoms with E-state index in [4.69, 9.17) is 0 Å². The largest absolute Gasteiger partial charge is 0.339 e. The van der Waals surface area contributed by atoms with Crippen molar-refractivity contribution in [2.45, 2.75) is 11.4 Å². The lowest BCUT2D eigenvalue weighted by Gasteiger charge is -2.23. The van der Waals surface area contributed by atoms with Crippen molar-refractivity contribution in [1.29, 1.82) is 0 Å². The number of aromatic nitrogens is 2. The summed E-state index contributed by atoms with van der Waals surface area (Å²) in [6, 6.07) is 6.76. The van der Waals surface area contributed by atoms with E-state index in [2.05, 4.69) is 21.3 Å². The SMILES string of the molecule is C=C/C(=C\C=C\F)Cn1c(=O)c(=C2Nc3ccc(NS(C)(=O)=O)cc3S(=O)(=O)N2)c(=O)c2cccn21. The van der Waals surface area contributed by atoms with Crippen LogP contribution in [0.1, 0.15) is 0 Å². The number of fused-ring (bicyclic) bond motifs is 2. The molecule has 2 aromatic heterocycles. The number of allylic oxidation sites excluding steroid dienone is 4. The second-order valence-corrected chi connectivity index (χ2v) is 11.2. The molecule has 3 N–H and O–H groups in total. The molecule has 0 unspecified atom stereocenters. The molecule has 11 nitrogen and oxygen atoms in total. The van der Waals surface area contributed by atoms with Gasteiger partial charge in [0.15, 0.2) is 0 Å². The lowest BCUT2D eigenvalue weighted by Crippen LogP contribution is -2.52. The second kappa shape index (κ2) is 9.13. The molecule has 0 aliphatic carbocycles. The molecule has 1 aromatic carbocycles. The van der Waals surface area contributed by atoms with Crippen LogP contribution in [0.2, 0.25) is 0 Å². The number of rotatable bonds is 6. The fraction of sp³-hybridized carbons (Fsp3) is 0.0909. The molecule has 0 saturated heterocycles. The van der Waals surface area contributed by atoms with Gasteiger partial charge in [-0.1, -0.05) is 18.7 Å². The van der Waals surface area contributed by atoms with Crippen molar-refractivity contribution in [2.75, 3.05) is 16.3 Å². The van der Waals surface area contributed by atoms with Crippen LogP contribution in [0.15, 0.2) is 87.7 Å². The molecule has 0 radical (unpaired) electrons. The number of halogens is 1. The summed E-state index contributed by atoms with van der Waals surface area (Å²) in [6.45, 7) is 3.55. The number of hydrogen-bond acceptors (Lipinski definition) is 7. The number of nitrogens with zero attached hydrogens (tertiary/aromatic N) is 2. The zero-order chi connectivity index (χ0) is 26.3. The van der Waals surface area contributed by atoms with Crippen LogP contribution in [0, 0.1) is 0 Å². The molecule has 0 saturated carbocycles. The molecule has 0 fully saturated rings. The van der Waals surface area contributed by atoms with Crippen molar-refractivity contribution in [3.05, 3.63) is 99.0 Å². The third-order valence-electron chi connectivity index (χ3n) is 5.19. The van der Waals surface area contributed by atoms with Gasteiger partial charge in [0.25, 0.3) is 15.6 Å². The summed E-state index contributed by atoms with van der Waals surface area (Å²) >= 11 is 0. The lowest BCUT2D eigenvalue weighted by molar-refractivity contribution is 0.587. The summed E-state index contributed by atoms with van der Waals surface area (Å²) in [5.41, 5.74) is -0.949. The summed E-state index contributed by atoms with van der Waals surface area (Å²) in [6.07, 6.45) is 6.65. The number of anilines is 2. The van der Waals surface area contributed by atoms with E-state index in [9.17, 15) is 30.8 Å². The molecule has 14 heteroatoms. The molecule has 0 bridgehead atoms. The number of sulfonamides is 2. The smallest absolute Gasteiger partial charge is 0.280 e. The highest BCUT2D eigenvalue weighted by atomic mass is 32.2. The topological polar surface area (TPSA) is 148 Å². The average Bonchev–Trinajstić information content (AvgIpc) is 3.28. The van der Waals surface area contributed by atoms with E-state index in [-0.39, 0.29) is 34.2 Å². The summed E-state index contributed by atoms with van der Waals surface area (Å²) in [4.78, 5) is 26.4. The van der Waals surface area contributed by atoms with E-state index in [0.29, 0.717) is 11.9 Å². The highest BCUT2D eigenvalue weighted by Crippen LogP contribution is 2.30. The standard InChI is InChI=1S/C22H20FN5O6S2/c1-3-14(6-4-10-23)13-28-22(30)19(20(29)17-7-5-11-27(17)28)21-24-16-9-8-15(25-35(2,31)32)12-18(16)36(33,34)26-21/h3-12,24-26H,1,13H2,2H3/b10-4+,14-6+,21-19?. The monoisotopic (exact) mass is 533 g/mol. The minimum atomic E-state index is -4.30. The Morgan fingerprint density at radius 1 is 1.25 bits per heavy atom. The summed E-state index contributed by atoms with van der Waals surface area (Å²) in [5, 5.41) is 2.30. The van der Waals surface area contributed by atoms with E-state index < -0.39 is 36.3 Å². The minimum absolute atomic E-state index is 0.0134. The van der Waals surface area contributed by atoms with Gasteiger partial charge in [0.05, 0.1) is 24.8 Å². The van der Waals surface area contributed by atoms with Crippen molar-refractivity contribution in [3.63, 3.8) is 0 Å². The van der Waals surface area contributed by atoms with Crippen molar-refractivity contribution in [3.8, 4) is 0 Å². The fourth-order valence-corrected chi connectivity index (χ4v) is 5.47. The van der Waals surface area contributed by atoms with Crippen LogP contribution in [-0.2, 0) is 26.6 Å². The zero-order valence-electron chi connectivity index (χ0n) is 18.7. The minimum Gasteiger partial charge on any atom is -0.339 e. The Morgan fingerprint density at radius 3 is 2.67 bits per heavy atom. The van der Waals surface area contributed by atoms with E-state index in [1.165, 1.54) is 45.7 Å². The fourth-order valence-electron chi connectivity index (χ4n) is 3.69. The predicted octanol–water partition coefficient (Wildman–Crippen LogP) is 0.617. The first-order valence-corrected chi connectivity index (χ1v) is 13.6. The Kier molecular flexibility index (Phi) is 6.32. The van der Waals surface area contributed by atoms with Crippen molar-refractivity contribution in [2.24, 2.45) is 0 Å². The number of hydrogen-bond donors (Lipinski definition) is 3. The lowest BCUT2D eigenvalue weighted by atomic mass is 10.2. The highest BCUT2D eigenvalue weighted by Gasteiger charge is 2.28. The predicted molar refractivity (Wildman–Crippen MR) is 134 cm³/mol. The third kappa shape index (κ3) is 4.67. The maximum absolute atomic E-state index is 13.5. The maximum Gasteiger partial charge on any atom is 0.280 e. The Labute approximate surface area is 204 Å². The van der Waals surface area contributed by atoms with Crippen molar-refractivity contribution >= 4 is 42.8 Å². The van der Waals surface area contributed by atoms with Crippen LogP contribution in [0.25, 0.3) is 11.3 Å². The first-order valence-electron chi connectivity index (χ1n) is 10.2. The first-order chi connectivity index (χ1) is 16.9. The molecule has 0 spiro atoms. The maximum atomic E-state index is 13.5. The third-order valence-corrected chi connectivity index (χ3v) is 7.19. The van der Waals surface area contributed by atoms with Gasteiger partial charge >= 0.3 is 0 Å². The van der Waals surface area contributed by atoms with Gasteiger partial charge < -0.3 is 5.32 Å². The summed E-state index contributed by atoms with van der Waals surface area (Å²) in [7, 11) is -7.96. The van der Waals surface area contributed by atoms with Gasteiger partial charge in [0.2, 0.25) is 15.5 Å². The zero-order valence-corrected chi connectivity index (χ0v) is 20.4. The summed E-state index contributed by atoms with van der Waals surface area (Å²) < 4.78 is 68.4. The quantitative estimate of drug-likeness (QED) is 0.394. The first kappa shape index (κ1) is 24.9. The molecule has 3 aromatic rings. The molecule has 0 atom stereocenters. The molecule has 3 heterocycles. The average molecular weight is 534 g/mol. The van der Waals surface area contributed by atoms with Crippen molar-refractivity contribution in [1.82, 2.24) is 13.9 Å². The molecular weight excluding hydrogens is 513 g/mol. The van der Waals surface area contributed by atoms with Crippen LogP contribution < -0.4 is 31.0 Å². The molecule has 0 amide bonds. The van der Waals surface area contributed by atoms with Crippen LogP contribution in [0.4, 0.5) is 15.8 Å². The van der Waals surface area contributed by atoms with Gasteiger partial charge in [0.1, 0.15) is 21.5 Å². The molecule has 4 rings (SSSR count). The Morgan fingerprint density at radius 2 is 2.00 bits per heavy atom. The Hall–Kier alpha value is -4.17. The van der Waals surface area contributed by atoms with E-state index >= 15 is 0 Å². The highest BCUT2D eigenvalue weighted by molar-refractivity contribution is 7.92. The van der Waals surface area contributed by atoms with Crippen LogP contribution in [0.5, 0.6) is 0 Å². The summed E-state index contributed by atoms with van der Waals surface area (Å²) in [5.74, 6) is -0.355. The molecule has 1 aliphatic heterocycles. The Bertz CT molecular complexity index is 1850.